The Balaban J connectivity index is 2.13. The van der Waals surface area contributed by atoms with Gasteiger partial charge in [-0.3, -0.25) is 0 Å². The van der Waals surface area contributed by atoms with Crippen LogP contribution >= 0.6 is 0 Å². The number of aryl methyl sites for hydroxylation is 1. The van der Waals surface area contributed by atoms with Crippen molar-refractivity contribution >= 4 is 11.0 Å². The van der Waals surface area contributed by atoms with E-state index in [-0.39, 0.29) is 5.41 Å². The molecule has 0 spiro atoms. The van der Waals surface area contributed by atoms with Gasteiger partial charge < -0.3 is 9.88 Å². The first-order chi connectivity index (χ1) is 10.3. The minimum absolute atomic E-state index is 0.223. The lowest BCUT2D eigenvalue weighted by atomic mass is 9.76. The monoisotopic (exact) mass is 285 g/mol. The molecule has 3 nitrogen and oxygen atoms in total. The first-order valence-electron chi connectivity index (χ1n) is 8.47. The summed E-state index contributed by atoms with van der Waals surface area (Å²) in [5, 5.41) is 3.62. The normalized spacial score (nSPS) is 22.8. The minimum atomic E-state index is 0.223. The lowest BCUT2D eigenvalue weighted by Gasteiger charge is -2.37. The van der Waals surface area contributed by atoms with Gasteiger partial charge in [-0.05, 0) is 44.4 Å². The Morgan fingerprint density at radius 3 is 2.81 bits per heavy atom. The molecule has 0 radical (unpaired) electrons. The number of nitrogens with one attached hydrogen (secondary N) is 1. The molecule has 3 rings (SSSR count). The molecule has 0 bridgehead atoms. The number of hydrogen-bond donors (Lipinski definition) is 1. The average Bonchev–Trinajstić information content (AvgIpc) is 2.89. The van der Waals surface area contributed by atoms with Gasteiger partial charge in [0.05, 0.1) is 11.0 Å². The van der Waals surface area contributed by atoms with Gasteiger partial charge in [-0.15, -0.1) is 0 Å². The van der Waals surface area contributed by atoms with Gasteiger partial charge in [-0.2, -0.15) is 0 Å². The van der Waals surface area contributed by atoms with Gasteiger partial charge in [-0.25, -0.2) is 4.98 Å². The molecule has 0 saturated carbocycles. The van der Waals surface area contributed by atoms with Crippen molar-refractivity contribution in [3.05, 3.63) is 30.1 Å². The molecule has 1 aliphatic rings. The zero-order valence-electron chi connectivity index (χ0n) is 13.4. The van der Waals surface area contributed by atoms with Crippen LogP contribution in [-0.4, -0.2) is 22.6 Å². The molecule has 1 fully saturated rings. The number of fused-ring (bicyclic) bond motifs is 1. The molecule has 1 aromatic carbocycles. The Morgan fingerprint density at radius 2 is 2.10 bits per heavy atom. The summed E-state index contributed by atoms with van der Waals surface area (Å²) in [6.45, 7) is 7.85. The number of benzene rings is 1. The average molecular weight is 285 g/mol. The van der Waals surface area contributed by atoms with Crippen LogP contribution in [0.2, 0.25) is 0 Å². The maximum Gasteiger partial charge on any atom is 0.117 e. The molecule has 0 amide bonds. The third-order valence-electron chi connectivity index (χ3n) is 4.78. The lowest BCUT2D eigenvalue weighted by molar-refractivity contribution is 0.268. The second-order valence-corrected chi connectivity index (χ2v) is 6.39. The van der Waals surface area contributed by atoms with Crippen LogP contribution in [0.1, 0.15) is 51.8 Å². The fourth-order valence-electron chi connectivity index (χ4n) is 3.89. The molecule has 0 aliphatic carbocycles. The Hall–Kier alpha value is -1.35. The summed E-state index contributed by atoms with van der Waals surface area (Å²) < 4.78 is 2.48. The van der Waals surface area contributed by atoms with E-state index < -0.39 is 0 Å². The topological polar surface area (TPSA) is 29.9 Å². The molecule has 1 saturated heterocycles. The van der Waals surface area contributed by atoms with Crippen LogP contribution in [0.5, 0.6) is 0 Å². The molecular weight excluding hydrogens is 258 g/mol. The van der Waals surface area contributed by atoms with Gasteiger partial charge in [0.1, 0.15) is 5.82 Å². The molecular formula is C18H27N3. The molecule has 21 heavy (non-hydrogen) atoms. The Labute approximate surface area is 127 Å². The fraction of sp³-hybridized carbons (Fsp3) is 0.611. The number of rotatable bonds is 5. The summed E-state index contributed by atoms with van der Waals surface area (Å²) >= 11 is 0. The van der Waals surface area contributed by atoms with Crippen LogP contribution in [0.15, 0.2) is 24.3 Å². The molecule has 1 unspecified atom stereocenters. The molecule has 114 valence electrons. The van der Waals surface area contributed by atoms with E-state index in [1.165, 1.54) is 37.0 Å². The number of hydrogen-bond acceptors (Lipinski definition) is 2. The summed E-state index contributed by atoms with van der Waals surface area (Å²) in [6.07, 6.45) is 6.13. The predicted octanol–water partition coefficient (Wildman–Crippen LogP) is 3.87. The van der Waals surface area contributed by atoms with Crippen LogP contribution in [0.3, 0.4) is 0 Å². The first-order valence-corrected chi connectivity index (χ1v) is 8.47. The van der Waals surface area contributed by atoms with Gasteiger partial charge in [0.25, 0.3) is 0 Å². The fourth-order valence-corrected chi connectivity index (χ4v) is 3.89. The van der Waals surface area contributed by atoms with Crippen LogP contribution < -0.4 is 5.32 Å². The van der Waals surface area contributed by atoms with Crippen LogP contribution in [0, 0.1) is 0 Å². The maximum atomic E-state index is 5.07. The molecule has 1 atom stereocenters. The highest BCUT2D eigenvalue weighted by molar-refractivity contribution is 5.76. The van der Waals surface area contributed by atoms with Crippen LogP contribution in [0.4, 0.5) is 0 Å². The second kappa shape index (κ2) is 6.18. The quantitative estimate of drug-likeness (QED) is 0.904. The smallest absolute Gasteiger partial charge is 0.117 e. The van der Waals surface area contributed by atoms with E-state index in [0.717, 1.165) is 31.6 Å². The van der Waals surface area contributed by atoms with Gasteiger partial charge in [0.15, 0.2) is 0 Å². The summed E-state index contributed by atoms with van der Waals surface area (Å²) in [5.74, 6) is 1.32. The van der Waals surface area contributed by atoms with Crippen molar-refractivity contribution in [3.63, 3.8) is 0 Å². The highest BCUT2D eigenvalue weighted by atomic mass is 15.1. The number of aromatic nitrogens is 2. The molecule has 1 aliphatic heterocycles. The van der Waals surface area contributed by atoms with E-state index in [1.54, 1.807) is 0 Å². The third-order valence-corrected chi connectivity index (χ3v) is 4.78. The van der Waals surface area contributed by atoms with Crippen molar-refractivity contribution in [1.82, 2.24) is 14.9 Å². The summed E-state index contributed by atoms with van der Waals surface area (Å²) in [4.78, 5) is 5.07. The molecule has 3 heteroatoms. The standard InChI is InChI=1S/C18H27N3/c1-3-10-18(11-7-12-19-14-18)17-20-15-8-5-6-9-16(15)21(17)13-4-2/h5-6,8-9,19H,3-4,7,10-14H2,1-2H3. The van der Waals surface area contributed by atoms with E-state index in [0.29, 0.717) is 0 Å². The first kappa shape index (κ1) is 14.6. The van der Waals surface area contributed by atoms with Gasteiger partial charge in [0.2, 0.25) is 0 Å². The van der Waals surface area contributed by atoms with Crippen molar-refractivity contribution < 1.29 is 0 Å². The third kappa shape index (κ3) is 2.59. The van der Waals surface area contributed by atoms with E-state index in [1.807, 2.05) is 0 Å². The Kier molecular flexibility index (Phi) is 4.29. The molecule has 1 aromatic heterocycles. The van der Waals surface area contributed by atoms with Crippen LogP contribution in [0.25, 0.3) is 11.0 Å². The van der Waals surface area contributed by atoms with Gasteiger partial charge >= 0.3 is 0 Å². The minimum Gasteiger partial charge on any atom is -0.327 e. The zero-order chi connectivity index (χ0) is 14.7. The second-order valence-electron chi connectivity index (χ2n) is 6.39. The summed E-state index contributed by atoms with van der Waals surface area (Å²) in [6, 6.07) is 8.60. The van der Waals surface area contributed by atoms with E-state index in [9.17, 15) is 0 Å². The summed E-state index contributed by atoms with van der Waals surface area (Å²) in [7, 11) is 0. The zero-order valence-corrected chi connectivity index (χ0v) is 13.4. The highest BCUT2D eigenvalue weighted by Crippen LogP contribution is 2.37. The van der Waals surface area contributed by atoms with E-state index in [4.69, 9.17) is 4.98 Å². The number of para-hydroxylation sites is 2. The van der Waals surface area contributed by atoms with Crippen molar-refractivity contribution in [3.8, 4) is 0 Å². The number of piperidine rings is 1. The van der Waals surface area contributed by atoms with E-state index in [2.05, 4.69) is 48.0 Å². The summed E-state index contributed by atoms with van der Waals surface area (Å²) in [5.41, 5.74) is 2.68. The lowest BCUT2D eigenvalue weighted by Crippen LogP contribution is -2.45. The van der Waals surface area contributed by atoms with Gasteiger partial charge in [-0.1, -0.05) is 32.4 Å². The van der Waals surface area contributed by atoms with Crippen molar-refractivity contribution in [2.45, 2.75) is 57.9 Å². The van der Waals surface area contributed by atoms with Crippen molar-refractivity contribution in [2.24, 2.45) is 0 Å². The number of nitrogens with zero attached hydrogens (tertiary/aromatic N) is 2. The molecule has 1 N–H and O–H groups in total. The SMILES string of the molecule is CCCn1c(C2(CCC)CCCNC2)nc2ccccc21. The molecule has 2 heterocycles. The maximum absolute atomic E-state index is 5.07. The van der Waals surface area contributed by atoms with Gasteiger partial charge in [0, 0.05) is 18.5 Å². The Morgan fingerprint density at radius 1 is 1.24 bits per heavy atom. The largest absolute Gasteiger partial charge is 0.327 e. The van der Waals surface area contributed by atoms with Crippen molar-refractivity contribution in [2.75, 3.05) is 13.1 Å². The molecule has 2 aromatic rings. The van der Waals surface area contributed by atoms with E-state index >= 15 is 0 Å². The predicted molar refractivity (Wildman–Crippen MR) is 88.7 cm³/mol. The Bertz CT molecular complexity index is 588. The number of imidazole rings is 1. The van der Waals surface area contributed by atoms with Crippen LogP contribution in [-0.2, 0) is 12.0 Å². The highest BCUT2D eigenvalue weighted by Gasteiger charge is 2.37. The van der Waals surface area contributed by atoms with Crippen molar-refractivity contribution in [1.29, 1.82) is 0 Å².